The second-order valence-electron chi connectivity index (χ2n) is 7.39. The van der Waals surface area contributed by atoms with Crippen molar-refractivity contribution in [1.29, 1.82) is 0 Å². The lowest BCUT2D eigenvalue weighted by atomic mass is 10.2. The van der Waals surface area contributed by atoms with Gasteiger partial charge in [0.1, 0.15) is 11.9 Å². The molecule has 0 spiro atoms. The molecular formula is C22H24N4O3. The summed E-state index contributed by atoms with van der Waals surface area (Å²) in [6.45, 7) is 5.20. The number of benzene rings is 2. The third-order valence-corrected chi connectivity index (χ3v) is 4.71. The fourth-order valence-corrected chi connectivity index (χ4v) is 3.26. The summed E-state index contributed by atoms with van der Waals surface area (Å²) in [5, 5.41) is 6.99. The van der Waals surface area contributed by atoms with Crippen molar-refractivity contribution < 1.29 is 14.1 Å². The minimum absolute atomic E-state index is 0.00591. The number of likely N-dealkylation sites (tertiary alicyclic amines) is 1. The zero-order valence-corrected chi connectivity index (χ0v) is 16.5. The number of ether oxygens (including phenoxy) is 1. The maximum absolute atomic E-state index is 12.1. The lowest BCUT2D eigenvalue weighted by Gasteiger charge is -2.19. The molecule has 2 heterocycles. The highest BCUT2D eigenvalue weighted by Crippen LogP contribution is 2.25. The largest absolute Gasteiger partial charge is 0.489 e. The Hall–Kier alpha value is -3.35. The normalized spacial score (nSPS) is 16.2. The Morgan fingerprint density at radius 3 is 2.62 bits per heavy atom. The molecule has 0 radical (unpaired) electrons. The van der Waals surface area contributed by atoms with Crippen molar-refractivity contribution in [2.75, 3.05) is 13.1 Å². The second kappa shape index (κ2) is 8.34. The Kier molecular flexibility index (Phi) is 5.46. The number of amides is 2. The van der Waals surface area contributed by atoms with E-state index in [4.69, 9.17) is 9.26 Å². The van der Waals surface area contributed by atoms with E-state index in [0.717, 1.165) is 23.3 Å². The molecule has 0 saturated carbocycles. The maximum atomic E-state index is 12.1. The quantitative estimate of drug-likeness (QED) is 0.710. The predicted octanol–water partition coefficient (Wildman–Crippen LogP) is 3.97. The van der Waals surface area contributed by atoms with Gasteiger partial charge in [0.2, 0.25) is 5.82 Å². The van der Waals surface area contributed by atoms with Crippen molar-refractivity contribution in [3.63, 3.8) is 0 Å². The van der Waals surface area contributed by atoms with Crippen LogP contribution in [0, 0.1) is 0 Å². The summed E-state index contributed by atoms with van der Waals surface area (Å²) in [7, 11) is 0. The second-order valence-corrected chi connectivity index (χ2v) is 7.39. The minimum atomic E-state index is -0.0345. The van der Waals surface area contributed by atoms with E-state index in [1.165, 1.54) is 0 Å². The van der Waals surface area contributed by atoms with Crippen LogP contribution in [0.5, 0.6) is 5.75 Å². The lowest BCUT2D eigenvalue weighted by Crippen LogP contribution is -2.42. The molecule has 1 fully saturated rings. The van der Waals surface area contributed by atoms with E-state index in [1.807, 2.05) is 68.4 Å². The number of nitrogens with one attached hydrogen (secondary N) is 1. The summed E-state index contributed by atoms with van der Waals surface area (Å²) in [5.74, 6) is 1.79. The first-order valence-corrected chi connectivity index (χ1v) is 9.80. The average molecular weight is 392 g/mol. The van der Waals surface area contributed by atoms with Gasteiger partial charge in [0.25, 0.3) is 5.89 Å². The van der Waals surface area contributed by atoms with Gasteiger partial charge in [-0.15, -0.1) is 0 Å². The predicted molar refractivity (Wildman–Crippen MR) is 109 cm³/mol. The summed E-state index contributed by atoms with van der Waals surface area (Å²) in [5.41, 5.74) is 1.74. The Labute approximate surface area is 169 Å². The molecule has 1 N–H and O–H groups in total. The summed E-state index contributed by atoms with van der Waals surface area (Å²) in [6.07, 6.45) is 0.812. The van der Waals surface area contributed by atoms with Crippen LogP contribution < -0.4 is 10.1 Å². The van der Waals surface area contributed by atoms with Gasteiger partial charge in [-0.25, -0.2) is 4.79 Å². The summed E-state index contributed by atoms with van der Waals surface area (Å²) in [6, 6.07) is 17.4. The molecular weight excluding hydrogens is 368 g/mol. The Morgan fingerprint density at radius 1 is 1.14 bits per heavy atom. The number of hydrogen-bond donors (Lipinski definition) is 1. The van der Waals surface area contributed by atoms with Crippen LogP contribution in [0.15, 0.2) is 59.1 Å². The topological polar surface area (TPSA) is 80.5 Å². The van der Waals surface area contributed by atoms with Crippen molar-refractivity contribution in [2.24, 2.45) is 0 Å². The molecule has 7 heteroatoms. The molecule has 1 aliphatic heterocycles. The van der Waals surface area contributed by atoms with Gasteiger partial charge in [-0.05, 0) is 50.2 Å². The third-order valence-electron chi connectivity index (χ3n) is 4.71. The third kappa shape index (κ3) is 4.56. The van der Waals surface area contributed by atoms with Crippen LogP contribution in [-0.2, 0) is 0 Å². The van der Waals surface area contributed by atoms with E-state index in [0.29, 0.717) is 24.8 Å². The molecule has 1 aliphatic rings. The van der Waals surface area contributed by atoms with Gasteiger partial charge in [0.15, 0.2) is 0 Å². The number of nitrogens with zero attached hydrogens (tertiary/aromatic N) is 3. The van der Waals surface area contributed by atoms with E-state index >= 15 is 0 Å². The smallest absolute Gasteiger partial charge is 0.317 e. The highest BCUT2D eigenvalue weighted by atomic mass is 16.5. The number of hydrogen-bond acceptors (Lipinski definition) is 5. The first kappa shape index (κ1) is 19.0. The van der Waals surface area contributed by atoms with Crippen LogP contribution >= 0.6 is 0 Å². The highest BCUT2D eigenvalue weighted by Gasteiger charge is 2.27. The number of urea groups is 1. The molecule has 0 bridgehead atoms. The molecule has 0 aliphatic carbocycles. The SMILES string of the molecule is CC(C)NC(=O)N1CCC(Oc2ccc(-c3noc(-c4ccccc4)n3)cc2)C1. The van der Waals surface area contributed by atoms with Gasteiger partial charge >= 0.3 is 6.03 Å². The van der Waals surface area contributed by atoms with Gasteiger partial charge < -0.3 is 19.5 Å². The van der Waals surface area contributed by atoms with Crippen LogP contribution in [0.1, 0.15) is 20.3 Å². The van der Waals surface area contributed by atoms with Crippen molar-refractivity contribution in [1.82, 2.24) is 20.4 Å². The van der Waals surface area contributed by atoms with Crippen molar-refractivity contribution in [3.05, 3.63) is 54.6 Å². The number of carbonyl (C=O) groups is 1. The number of rotatable bonds is 5. The fourth-order valence-electron chi connectivity index (χ4n) is 3.26. The average Bonchev–Trinajstić information content (AvgIpc) is 3.39. The van der Waals surface area contributed by atoms with Crippen LogP contribution in [0.3, 0.4) is 0 Å². The van der Waals surface area contributed by atoms with Crippen molar-refractivity contribution >= 4 is 6.03 Å². The molecule has 1 aromatic heterocycles. The van der Waals surface area contributed by atoms with E-state index in [9.17, 15) is 4.79 Å². The van der Waals surface area contributed by atoms with Crippen molar-refractivity contribution in [3.8, 4) is 28.6 Å². The van der Waals surface area contributed by atoms with E-state index in [2.05, 4.69) is 15.5 Å². The standard InChI is InChI=1S/C22H24N4O3/c1-15(2)23-22(27)26-13-12-19(14-26)28-18-10-8-16(9-11-18)20-24-21(29-25-20)17-6-4-3-5-7-17/h3-11,15,19H,12-14H2,1-2H3,(H,23,27). The molecule has 2 aromatic carbocycles. The summed E-state index contributed by atoms with van der Waals surface area (Å²) >= 11 is 0. The first-order valence-electron chi connectivity index (χ1n) is 9.80. The van der Waals surface area contributed by atoms with Gasteiger partial charge in [0, 0.05) is 30.1 Å². The van der Waals surface area contributed by atoms with Crippen LogP contribution in [0.25, 0.3) is 22.8 Å². The molecule has 1 atom stereocenters. The zero-order valence-electron chi connectivity index (χ0n) is 16.5. The highest BCUT2D eigenvalue weighted by molar-refractivity contribution is 5.74. The Bertz CT molecular complexity index is 954. The molecule has 4 rings (SSSR count). The molecule has 1 unspecified atom stereocenters. The monoisotopic (exact) mass is 392 g/mol. The van der Waals surface area contributed by atoms with Gasteiger partial charge in [-0.2, -0.15) is 4.98 Å². The van der Waals surface area contributed by atoms with Crippen LogP contribution in [-0.4, -0.2) is 46.3 Å². The Balaban J connectivity index is 1.37. The van der Waals surface area contributed by atoms with Crippen LogP contribution in [0.2, 0.25) is 0 Å². The molecule has 29 heavy (non-hydrogen) atoms. The summed E-state index contributed by atoms with van der Waals surface area (Å²) < 4.78 is 11.4. The zero-order chi connectivity index (χ0) is 20.2. The number of carbonyl (C=O) groups excluding carboxylic acids is 1. The van der Waals surface area contributed by atoms with Crippen molar-refractivity contribution in [2.45, 2.75) is 32.4 Å². The van der Waals surface area contributed by atoms with Gasteiger partial charge in [-0.3, -0.25) is 0 Å². The Morgan fingerprint density at radius 2 is 1.90 bits per heavy atom. The molecule has 150 valence electrons. The fraction of sp³-hybridized carbons (Fsp3) is 0.318. The van der Waals surface area contributed by atoms with Crippen LogP contribution in [0.4, 0.5) is 4.79 Å². The number of aromatic nitrogens is 2. The molecule has 1 saturated heterocycles. The minimum Gasteiger partial charge on any atom is -0.489 e. The van der Waals surface area contributed by atoms with Gasteiger partial charge in [0.05, 0.1) is 6.54 Å². The van der Waals surface area contributed by atoms with Gasteiger partial charge in [-0.1, -0.05) is 23.4 Å². The van der Waals surface area contributed by atoms with E-state index < -0.39 is 0 Å². The van der Waals surface area contributed by atoms with E-state index in [1.54, 1.807) is 4.90 Å². The molecule has 7 nitrogen and oxygen atoms in total. The molecule has 3 aromatic rings. The maximum Gasteiger partial charge on any atom is 0.317 e. The van der Waals surface area contributed by atoms with E-state index in [-0.39, 0.29) is 18.2 Å². The molecule has 2 amide bonds. The first-order chi connectivity index (χ1) is 14.1. The summed E-state index contributed by atoms with van der Waals surface area (Å²) in [4.78, 5) is 18.4. The lowest BCUT2D eigenvalue weighted by molar-refractivity contribution is 0.185.